The quantitative estimate of drug-likeness (QED) is 0.408. The topological polar surface area (TPSA) is 61.9 Å². The molecule has 2 aromatic heterocycles. The lowest BCUT2D eigenvalue weighted by atomic mass is 10.1. The lowest BCUT2D eigenvalue weighted by Gasteiger charge is -2.21. The molecule has 0 saturated carbocycles. The van der Waals surface area contributed by atoms with Gasteiger partial charge in [0.1, 0.15) is 5.60 Å². The molecule has 0 atom stereocenters. The fraction of sp³-hybridized carbons (Fsp3) is 0.292. The number of carbonyl (C=O) groups excluding carboxylic acids is 1. The number of aryl methyl sites for hydroxylation is 1. The van der Waals surface area contributed by atoms with Crippen LogP contribution in [0, 0.1) is 0 Å². The van der Waals surface area contributed by atoms with E-state index in [-0.39, 0.29) is 12.4 Å². The van der Waals surface area contributed by atoms with Gasteiger partial charge in [0.2, 0.25) is 0 Å². The molecule has 0 amide bonds. The lowest BCUT2D eigenvalue weighted by molar-refractivity contribution is -0.139. The van der Waals surface area contributed by atoms with Crippen LogP contribution in [0.5, 0.6) is 0 Å². The van der Waals surface area contributed by atoms with Crippen molar-refractivity contribution in [2.45, 2.75) is 39.5 Å². The Labute approximate surface area is 186 Å². The first-order valence-electron chi connectivity index (χ1n) is 10.1. The Balaban J connectivity index is 1.73. The number of nitrogens with zero attached hydrogens (tertiary/aromatic N) is 4. The van der Waals surface area contributed by atoms with E-state index in [1.807, 2.05) is 52.9 Å². The Bertz CT molecular complexity index is 1260. The number of Topliss-reactive ketones (excluding diaryl/α,β-unsaturated/α-hetero) is 1. The summed E-state index contributed by atoms with van der Waals surface area (Å²) in [6, 6.07) is 16.0. The summed E-state index contributed by atoms with van der Waals surface area (Å²) in [5, 5.41) is 10.9. The van der Waals surface area contributed by atoms with E-state index in [0.29, 0.717) is 11.6 Å². The lowest BCUT2D eigenvalue weighted by Crippen LogP contribution is -2.32. The van der Waals surface area contributed by atoms with E-state index in [1.54, 1.807) is 13.8 Å². The molecule has 4 aromatic rings. The Kier molecular flexibility index (Phi) is 5.69. The SMILES string of the molecule is CC(=O)C(C)(C)OCc1cc(-c2ccc3cnn(C)c3c2)n(Cc2ccccc2Cl)n1. The molecule has 0 bridgehead atoms. The Morgan fingerprint density at radius 1 is 1.16 bits per heavy atom. The second-order valence-electron chi connectivity index (χ2n) is 8.17. The van der Waals surface area contributed by atoms with Crippen molar-refractivity contribution < 1.29 is 9.53 Å². The molecule has 2 heterocycles. The molecule has 0 saturated heterocycles. The van der Waals surface area contributed by atoms with E-state index in [1.165, 1.54) is 6.92 Å². The van der Waals surface area contributed by atoms with Crippen LogP contribution in [-0.2, 0) is 29.7 Å². The highest BCUT2D eigenvalue weighted by Gasteiger charge is 2.25. The molecule has 0 radical (unpaired) electrons. The van der Waals surface area contributed by atoms with E-state index in [0.717, 1.165) is 33.4 Å². The number of rotatable bonds is 7. The molecule has 6 nitrogen and oxygen atoms in total. The average molecular weight is 437 g/mol. The zero-order chi connectivity index (χ0) is 22.2. The molecule has 0 aliphatic rings. The van der Waals surface area contributed by atoms with Crippen LogP contribution in [0.2, 0.25) is 5.02 Å². The van der Waals surface area contributed by atoms with Crippen LogP contribution in [0.25, 0.3) is 22.2 Å². The maximum atomic E-state index is 11.8. The molecule has 7 heteroatoms. The van der Waals surface area contributed by atoms with Crippen LogP contribution in [0.4, 0.5) is 0 Å². The molecule has 0 aliphatic heterocycles. The summed E-state index contributed by atoms with van der Waals surface area (Å²) in [7, 11) is 1.93. The Morgan fingerprint density at radius 2 is 1.94 bits per heavy atom. The minimum absolute atomic E-state index is 0.0233. The van der Waals surface area contributed by atoms with E-state index in [4.69, 9.17) is 21.4 Å². The van der Waals surface area contributed by atoms with Crippen LogP contribution in [0.1, 0.15) is 32.0 Å². The maximum Gasteiger partial charge on any atom is 0.161 e. The van der Waals surface area contributed by atoms with Gasteiger partial charge < -0.3 is 4.74 Å². The minimum Gasteiger partial charge on any atom is -0.361 e. The fourth-order valence-electron chi connectivity index (χ4n) is 3.34. The van der Waals surface area contributed by atoms with Crippen molar-refractivity contribution in [2.24, 2.45) is 7.05 Å². The molecular formula is C24H25ClN4O2. The van der Waals surface area contributed by atoms with Crippen LogP contribution in [0.15, 0.2) is 54.7 Å². The maximum absolute atomic E-state index is 11.8. The monoisotopic (exact) mass is 436 g/mol. The number of carbonyl (C=O) groups is 1. The number of benzene rings is 2. The highest BCUT2D eigenvalue weighted by Crippen LogP contribution is 2.27. The highest BCUT2D eigenvalue weighted by atomic mass is 35.5. The number of fused-ring (bicyclic) bond motifs is 1. The third-order valence-corrected chi connectivity index (χ3v) is 5.95. The third-order valence-electron chi connectivity index (χ3n) is 5.58. The van der Waals surface area contributed by atoms with Crippen molar-refractivity contribution in [2.75, 3.05) is 0 Å². The zero-order valence-corrected chi connectivity index (χ0v) is 18.8. The Morgan fingerprint density at radius 3 is 2.68 bits per heavy atom. The number of ether oxygens (including phenoxy) is 1. The summed E-state index contributed by atoms with van der Waals surface area (Å²) in [5.74, 6) is -0.0233. The summed E-state index contributed by atoms with van der Waals surface area (Å²) in [6.45, 7) is 5.84. The van der Waals surface area contributed by atoms with Crippen LogP contribution in [-0.4, -0.2) is 30.9 Å². The van der Waals surface area contributed by atoms with Gasteiger partial charge in [-0.2, -0.15) is 10.2 Å². The molecule has 31 heavy (non-hydrogen) atoms. The van der Waals surface area contributed by atoms with Gasteiger partial charge in [0.25, 0.3) is 0 Å². The second-order valence-corrected chi connectivity index (χ2v) is 8.57. The summed E-state index contributed by atoms with van der Waals surface area (Å²) >= 11 is 6.40. The van der Waals surface area contributed by atoms with E-state index >= 15 is 0 Å². The van der Waals surface area contributed by atoms with Crippen molar-refractivity contribution in [3.05, 3.63) is 71.0 Å². The van der Waals surface area contributed by atoms with Crippen molar-refractivity contribution in [3.63, 3.8) is 0 Å². The first-order valence-corrected chi connectivity index (χ1v) is 10.5. The molecular weight excluding hydrogens is 412 g/mol. The largest absolute Gasteiger partial charge is 0.361 e. The summed E-state index contributed by atoms with van der Waals surface area (Å²) < 4.78 is 9.65. The Hall–Kier alpha value is -2.96. The molecule has 2 aromatic carbocycles. The predicted molar refractivity (Wildman–Crippen MR) is 122 cm³/mol. The zero-order valence-electron chi connectivity index (χ0n) is 18.1. The van der Waals surface area contributed by atoms with Gasteiger partial charge in [-0.3, -0.25) is 14.2 Å². The van der Waals surface area contributed by atoms with E-state index in [2.05, 4.69) is 23.3 Å². The van der Waals surface area contributed by atoms with Crippen molar-refractivity contribution in [1.82, 2.24) is 19.6 Å². The van der Waals surface area contributed by atoms with Crippen molar-refractivity contribution in [3.8, 4) is 11.3 Å². The minimum atomic E-state index is -0.861. The molecule has 0 N–H and O–H groups in total. The van der Waals surface area contributed by atoms with Gasteiger partial charge >= 0.3 is 0 Å². The van der Waals surface area contributed by atoms with Gasteiger partial charge in [0.05, 0.1) is 36.3 Å². The normalized spacial score (nSPS) is 11.9. The standard InChI is InChI=1S/C24H25ClN4O2/c1-16(30)24(2,3)31-15-20-12-23(17-9-10-18-13-26-28(4)22(18)11-17)29(27-20)14-19-7-5-6-8-21(19)25/h5-13H,14-15H2,1-4H3. The van der Waals surface area contributed by atoms with E-state index in [9.17, 15) is 4.79 Å². The number of ketones is 1. The smallest absolute Gasteiger partial charge is 0.161 e. The van der Waals surface area contributed by atoms with Crippen LogP contribution < -0.4 is 0 Å². The molecule has 0 spiro atoms. The molecule has 4 rings (SSSR count). The van der Waals surface area contributed by atoms with Gasteiger partial charge in [0, 0.05) is 23.0 Å². The number of hydrogen-bond donors (Lipinski definition) is 0. The first-order chi connectivity index (χ1) is 14.7. The van der Waals surface area contributed by atoms with Crippen LogP contribution in [0.3, 0.4) is 0 Å². The summed E-state index contributed by atoms with van der Waals surface area (Å²) in [4.78, 5) is 11.8. The summed E-state index contributed by atoms with van der Waals surface area (Å²) in [6.07, 6.45) is 1.85. The second kappa shape index (κ2) is 8.29. The summed E-state index contributed by atoms with van der Waals surface area (Å²) in [5.41, 5.74) is 3.88. The van der Waals surface area contributed by atoms with Crippen molar-refractivity contribution in [1.29, 1.82) is 0 Å². The van der Waals surface area contributed by atoms with Gasteiger partial charge in [-0.1, -0.05) is 41.9 Å². The van der Waals surface area contributed by atoms with E-state index < -0.39 is 5.60 Å². The molecule has 0 aliphatic carbocycles. The number of aromatic nitrogens is 4. The van der Waals surface area contributed by atoms with Gasteiger partial charge in [-0.15, -0.1) is 0 Å². The predicted octanol–water partition coefficient (Wildman–Crippen LogP) is 5.02. The number of hydrogen-bond acceptors (Lipinski definition) is 4. The fourth-order valence-corrected chi connectivity index (χ4v) is 3.54. The highest BCUT2D eigenvalue weighted by molar-refractivity contribution is 6.31. The number of halogens is 1. The van der Waals surface area contributed by atoms with Gasteiger partial charge in [-0.05, 0) is 44.5 Å². The molecule has 160 valence electrons. The average Bonchev–Trinajstić information content (AvgIpc) is 3.31. The van der Waals surface area contributed by atoms with Crippen LogP contribution >= 0.6 is 11.6 Å². The van der Waals surface area contributed by atoms with Gasteiger partial charge in [0.15, 0.2) is 5.78 Å². The first kappa shape index (κ1) is 21.3. The van der Waals surface area contributed by atoms with Gasteiger partial charge in [-0.25, -0.2) is 0 Å². The molecule has 0 fully saturated rings. The molecule has 0 unspecified atom stereocenters. The third kappa shape index (κ3) is 4.40. The van der Waals surface area contributed by atoms with Crippen molar-refractivity contribution >= 4 is 28.3 Å².